The van der Waals surface area contributed by atoms with E-state index in [9.17, 15) is 4.79 Å². The highest BCUT2D eigenvalue weighted by molar-refractivity contribution is 8.00. The molecule has 0 aliphatic heterocycles. The largest absolute Gasteiger partial charge is 0.300 e. The molecule has 0 aliphatic rings. The van der Waals surface area contributed by atoms with Gasteiger partial charge < -0.3 is 5.32 Å². The van der Waals surface area contributed by atoms with E-state index in [0.29, 0.717) is 15.2 Å². The second-order valence-electron chi connectivity index (χ2n) is 4.70. The summed E-state index contributed by atoms with van der Waals surface area (Å²) in [6.45, 7) is 0. The summed E-state index contributed by atoms with van der Waals surface area (Å²) in [5.41, 5.74) is 0.718. The molecule has 3 rings (SSSR count). The molecule has 1 aromatic carbocycles. The Morgan fingerprint density at radius 1 is 1.25 bits per heavy atom. The van der Waals surface area contributed by atoms with Gasteiger partial charge in [0, 0.05) is 20.7 Å². The molecule has 0 saturated heterocycles. The Morgan fingerprint density at radius 2 is 2.12 bits per heavy atom. The number of amides is 1. The lowest BCUT2D eigenvalue weighted by Crippen LogP contribution is -2.14. The van der Waals surface area contributed by atoms with Crippen molar-refractivity contribution in [1.29, 1.82) is 0 Å². The predicted molar refractivity (Wildman–Crippen MR) is 103 cm³/mol. The van der Waals surface area contributed by atoms with Crippen LogP contribution in [0.5, 0.6) is 0 Å². The maximum Gasteiger partial charge on any atom is 0.230 e. The minimum Gasteiger partial charge on any atom is -0.300 e. The van der Waals surface area contributed by atoms with Crippen LogP contribution in [-0.4, -0.2) is 16.1 Å². The Balaban J connectivity index is 1.54. The van der Waals surface area contributed by atoms with E-state index in [0.717, 1.165) is 15.7 Å². The highest BCUT2D eigenvalue weighted by atomic mass is 35.5. The van der Waals surface area contributed by atoms with Crippen LogP contribution in [0.4, 0.5) is 5.13 Å². The fraction of sp³-hybridized carbons (Fsp3) is 0.133. The Labute approximate surface area is 161 Å². The molecule has 0 spiro atoms. The predicted octanol–water partition coefficient (Wildman–Crippen LogP) is 5.38. The number of hydrogen-bond acceptors (Lipinski definition) is 6. The number of anilines is 1. The van der Waals surface area contributed by atoms with Crippen LogP contribution in [0.3, 0.4) is 0 Å². The SMILES string of the molecule is O=C(Cc1ccc(Cl)cc1Cl)Nc1nnc(SCc2cccs2)s1. The molecule has 0 atom stereocenters. The van der Waals surface area contributed by atoms with Crippen LogP contribution in [0.2, 0.25) is 10.0 Å². The highest BCUT2D eigenvalue weighted by Gasteiger charge is 2.11. The van der Waals surface area contributed by atoms with Crippen molar-refractivity contribution in [2.75, 3.05) is 5.32 Å². The number of hydrogen-bond donors (Lipinski definition) is 1. The summed E-state index contributed by atoms with van der Waals surface area (Å²) in [5.74, 6) is 0.658. The van der Waals surface area contributed by atoms with Crippen molar-refractivity contribution in [3.05, 3.63) is 56.2 Å². The maximum atomic E-state index is 12.1. The van der Waals surface area contributed by atoms with Gasteiger partial charge >= 0.3 is 0 Å². The molecule has 24 heavy (non-hydrogen) atoms. The van der Waals surface area contributed by atoms with E-state index in [2.05, 4.69) is 21.6 Å². The van der Waals surface area contributed by atoms with Gasteiger partial charge in [0.2, 0.25) is 11.0 Å². The van der Waals surface area contributed by atoms with Gasteiger partial charge in [0.1, 0.15) is 0 Å². The molecule has 9 heteroatoms. The number of benzene rings is 1. The molecule has 124 valence electrons. The third kappa shape index (κ3) is 4.94. The number of thiophene rings is 1. The highest BCUT2D eigenvalue weighted by Crippen LogP contribution is 2.29. The average Bonchev–Trinajstić information content (AvgIpc) is 3.19. The third-order valence-corrected chi connectivity index (χ3v) is 6.60. The molecule has 1 N–H and O–H groups in total. The van der Waals surface area contributed by atoms with Crippen molar-refractivity contribution in [2.45, 2.75) is 16.5 Å². The van der Waals surface area contributed by atoms with Crippen LogP contribution < -0.4 is 5.32 Å². The molecular formula is C15H11Cl2N3OS3. The number of nitrogens with one attached hydrogen (secondary N) is 1. The second-order valence-corrected chi connectivity index (χ2v) is 8.78. The molecule has 1 amide bonds. The van der Waals surface area contributed by atoms with Crippen molar-refractivity contribution in [1.82, 2.24) is 10.2 Å². The third-order valence-electron chi connectivity index (χ3n) is 2.94. The molecule has 0 bridgehead atoms. The van der Waals surface area contributed by atoms with Crippen LogP contribution in [0.15, 0.2) is 40.1 Å². The van der Waals surface area contributed by atoms with Gasteiger partial charge in [0.15, 0.2) is 4.34 Å². The van der Waals surface area contributed by atoms with Crippen LogP contribution in [0.1, 0.15) is 10.4 Å². The quantitative estimate of drug-likeness (QED) is 0.433. The van der Waals surface area contributed by atoms with Crippen molar-refractivity contribution >= 4 is 68.7 Å². The van der Waals surface area contributed by atoms with Crippen molar-refractivity contribution in [3.63, 3.8) is 0 Å². The Bertz CT molecular complexity index is 836. The molecule has 2 heterocycles. The summed E-state index contributed by atoms with van der Waals surface area (Å²) in [6, 6.07) is 9.18. The normalized spacial score (nSPS) is 10.8. The molecule has 0 fully saturated rings. The van der Waals surface area contributed by atoms with E-state index in [1.807, 2.05) is 11.4 Å². The average molecular weight is 416 g/mol. The first kappa shape index (κ1) is 17.7. The number of carbonyl (C=O) groups is 1. The van der Waals surface area contributed by atoms with E-state index in [1.165, 1.54) is 16.2 Å². The Hall–Kier alpha value is -1.12. The summed E-state index contributed by atoms with van der Waals surface area (Å²) in [4.78, 5) is 13.4. The minimum absolute atomic E-state index is 0.160. The maximum absolute atomic E-state index is 12.1. The Kier molecular flexibility index (Phi) is 6.13. The van der Waals surface area contributed by atoms with Gasteiger partial charge in [-0.05, 0) is 29.1 Å². The number of thioether (sulfide) groups is 1. The van der Waals surface area contributed by atoms with Crippen LogP contribution in [0.25, 0.3) is 0 Å². The first-order chi connectivity index (χ1) is 11.6. The molecular weight excluding hydrogens is 405 g/mol. The fourth-order valence-corrected chi connectivity index (χ4v) is 4.86. The van der Waals surface area contributed by atoms with E-state index >= 15 is 0 Å². The zero-order chi connectivity index (χ0) is 16.9. The molecule has 0 aliphatic carbocycles. The number of rotatable bonds is 6. The number of halogens is 2. The van der Waals surface area contributed by atoms with Crippen LogP contribution >= 0.6 is 57.6 Å². The number of nitrogens with zero attached hydrogens (tertiary/aromatic N) is 2. The lowest BCUT2D eigenvalue weighted by atomic mass is 10.1. The number of carbonyl (C=O) groups excluding carboxylic acids is 1. The monoisotopic (exact) mass is 415 g/mol. The van der Waals surface area contributed by atoms with Crippen molar-refractivity contribution in [3.8, 4) is 0 Å². The van der Waals surface area contributed by atoms with Gasteiger partial charge in [-0.3, -0.25) is 4.79 Å². The van der Waals surface area contributed by atoms with Crippen molar-refractivity contribution in [2.24, 2.45) is 0 Å². The van der Waals surface area contributed by atoms with Gasteiger partial charge in [-0.1, -0.05) is 58.4 Å². The molecule has 2 aromatic heterocycles. The van der Waals surface area contributed by atoms with Gasteiger partial charge in [-0.15, -0.1) is 21.5 Å². The number of aromatic nitrogens is 2. The molecule has 0 radical (unpaired) electrons. The molecule has 0 saturated carbocycles. The summed E-state index contributed by atoms with van der Waals surface area (Å²) in [6.07, 6.45) is 0.160. The standard InChI is InChI=1S/C15H11Cl2N3OS3/c16-10-4-3-9(12(17)7-10)6-13(21)18-14-19-20-15(24-14)23-8-11-2-1-5-22-11/h1-5,7H,6,8H2,(H,18,19,21). The second kappa shape index (κ2) is 8.31. The summed E-state index contributed by atoms with van der Waals surface area (Å²) in [7, 11) is 0. The summed E-state index contributed by atoms with van der Waals surface area (Å²) >= 11 is 16.6. The van der Waals surface area contributed by atoms with E-state index in [-0.39, 0.29) is 12.3 Å². The van der Waals surface area contributed by atoms with Gasteiger partial charge in [-0.2, -0.15) is 0 Å². The van der Waals surface area contributed by atoms with Crippen molar-refractivity contribution < 1.29 is 4.79 Å². The zero-order valence-electron chi connectivity index (χ0n) is 12.2. The molecule has 3 aromatic rings. The van der Waals surface area contributed by atoms with E-state index in [1.54, 1.807) is 41.3 Å². The van der Waals surface area contributed by atoms with E-state index in [4.69, 9.17) is 23.2 Å². The lowest BCUT2D eigenvalue weighted by molar-refractivity contribution is -0.115. The first-order valence-electron chi connectivity index (χ1n) is 6.82. The topological polar surface area (TPSA) is 54.9 Å². The Morgan fingerprint density at radius 3 is 2.88 bits per heavy atom. The van der Waals surface area contributed by atoms with Gasteiger partial charge in [-0.25, -0.2) is 0 Å². The zero-order valence-corrected chi connectivity index (χ0v) is 16.1. The van der Waals surface area contributed by atoms with Crippen LogP contribution in [0, 0.1) is 0 Å². The summed E-state index contributed by atoms with van der Waals surface area (Å²) < 4.78 is 0.822. The minimum atomic E-state index is -0.190. The van der Waals surface area contributed by atoms with Gasteiger partial charge in [0.05, 0.1) is 6.42 Å². The van der Waals surface area contributed by atoms with Crippen LogP contribution in [-0.2, 0) is 17.0 Å². The fourth-order valence-electron chi connectivity index (χ4n) is 1.85. The summed E-state index contributed by atoms with van der Waals surface area (Å²) in [5, 5.41) is 14.4. The smallest absolute Gasteiger partial charge is 0.230 e. The van der Waals surface area contributed by atoms with E-state index < -0.39 is 0 Å². The molecule has 0 unspecified atom stereocenters. The molecule has 4 nitrogen and oxygen atoms in total. The van der Waals surface area contributed by atoms with Gasteiger partial charge in [0.25, 0.3) is 0 Å². The first-order valence-corrected chi connectivity index (χ1v) is 10.3. The lowest BCUT2D eigenvalue weighted by Gasteiger charge is -2.04.